The average molecular weight is 250 g/mol. The SMILES string of the molecule is CCNC(c1ccc(C)c(Cl)c1)c1ccco1. The van der Waals surface area contributed by atoms with Crippen molar-refractivity contribution in [1.29, 1.82) is 0 Å². The number of hydrogen-bond donors (Lipinski definition) is 1. The van der Waals surface area contributed by atoms with Crippen LogP contribution in [0.15, 0.2) is 41.0 Å². The van der Waals surface area contributed by atoms with Crippen LogP contribution in [0.5, 0.6) is 0 Å². The second kappa shape index (κ2) is 5.39. The van der Waals surface area contributed by atoms with Crippen molar-refractivity contribution in [3.8, 4) is 0 Å². The highest BCUT2D eigenvalue weighted by atomic mass is 35.5. The predicted octanol–water partition coefficient (Wildman–Crippen LogP) is 3.94. The van der Waals surface area contributed by atoms with Gasteiger partial charge in [-0.2, -0.15) is 0 Å². The lowest BCUT2D eigenvalue weighted by molar-refractivity contribution is 0.452. The van der Waals surface area contributed by atoms with Crippen LogP contribution in [-0.2, 0) is 0 Å². The van der Waals surface area contributed by atoms with Gasteiger partial charge < -0.3 is 9.73 Å². The molecule has 1 atom stereocenters. The van der Waals surface area contributed by atoms with Crippen LogP contribution in [0.25, 0.3) is 0 Å². The summed E-state index contributed by atoms with van der Waals surface area (Å²) in [5.74, 6) is 0.909. The van der Waals surface area contributed by atoms with Crippen LogP contribution in [0.1, 0.15) is 29.9 Å². The van der Waals surface area contributed by atoms with Gasteiger partial charge in [-0.05, 0) is 42.8 Å². The van der Waals surface area contributed by atoms with Gasteiger partial charge in [-0.1, -0.05) is 30.7 Å². The molecule has 0 saturated heterocycles. The molecule has 0 fully saturated rings. The molecule has 1 unspecified atom stereocenters. The van der Waals surface area contributed by atoms with Crippen LogP contribution in [0.2, 0.25) is 5.02 Å². The fourth-order valence-electron chi connectivity index (χ4n) is 1.83. The maximum atomic E-state index is 6.16. The minimum Gasteiger partial charge on any atom is -0.467 e. The molecular formula is C14H16ClNO. The van der Waals surface area contributed by atoms with E-state index in [2.05, 4.69) is 18.3 Å². The van der Waals surface area contributed by atoms with E-state index in [1.165, 1.54) is 0 Å². The molecule has 0 bridgehead atoms. The molecule has 0 radical (unpaired) electrons. The van der Waals surface area contributed by atoms with E-state index in [4.69, 9.17) is 16.0 Å². The minimum absolute atomic E-state index is 0.0631. The highest BCUT2D eigenvalue weighted by Crippen LogP contribution is 2.26. The Kier molecular flexibility index (Phi) is 3.87. The molecule has 0 amide bonds. The molecule has 2 rings (SSSR count). The van der Waals surface area contributed by atoms with Crippen molar-refractivity contribution in [2.24, 2.45) is 0 Å². The first-order chi connectivity index (χ1) is 8.22. The first-order valence-corrected chi connectivity index (χ1v) is 6.13. The van der Waals surface area contributed by atoms with Crippen molar-refractivity contribution in [2.45, 2.75) is 19.9 Å². The summed E-state index contributed by atoms with van der Waals surface area (Å²) < 4.78 is 5.47. The Hall–Kier alpha value is -1.25. The molecule has 2 nitrogen and oxygen atoms in total. The van der Waals surface area contributed by atoms with E-state index >= 15 is 0 Å². The third-order valence-electron chi connectivity index (χ3n) is 2.77. The number of rotatable bonds is 4. The van der Waals surface area contributed by atoms with E-state index in [0.29, 0.717) is 0 Å². The van der Waals surface area contributed by atoms with Crippen LogP contribution < -0.4 is 5.32 Å². The monoisotopic (exact) mass is 249 g/mol. The van der Waals surface area contributed by atoms with Gasteiger partial charge in [0.2, 0.25) is 0 Å². The molecule has 0 aliphatic carbocycles. The van der Waals surface area contributed by atoms with Gasteiger partial charge in [0.15, 0.2) is 0 Å². The van der Waals surface area contributed by atoms with Crippen molar-refractivity contribution in [1.82, 2.24) is 5.32 Å². The Bertz CT molecular complexity index is 479. The molecule has 0 aliphatic heterocycles. The summed E-state index contributed by atoms with van der Waals surface area (Å²) in [6.45, 7) is 4.95. The number of benzene rings is 1. The zero-order valence-electron chi connectivity index (χ0n) is 10.0. The maximum Gasteiger partial charge on any atom is 0.125 e. The van der Waals surface area contributed by atoms with E-state index in [1.807, 2.05) is 31.2 Å². The summed E-state index contributed by atoms with van der Waals surface area (Å²) in [5, 5.41) is 4.18. The standard InChI is InChI=1S/C14H16ClNO/c1-3-16-14(13-5-4-8-17-13)11-7-6-10(2)12(15)9-11/h4-9,14,16H,3H2,1-2H3. The minimum atomic E-state index is 0.0631. The van der Waals surface area contributed by atoms with Gasteiger partial charge in [0.1, 0.15) is 5.76 Å². The van der Waals surface area contributed by atoms with Gasteiger partial charge in [0, 0.05) is 5.02 Å². The van der Waals surface area contributed by atoms with E-state index < -0.39 is 0 Å². The second-order valence-corrected chi connectivity index (χ2v) is 4.42. The summed E-state index contributed by atoms with van der Waals surface area (Å²) in [5.41, 5.74) is 2.21. The van der Waals surface area contributed by atoms with Crippen LogP contribution >= 0.6 is 11.6 Å². The lowest BCUT2D eigenvalue weighted by Crippen LogP contribution is -2.21. The normalized spacial score (nSPS) is 12.6. The van der Waals surface area contributed by atoms with Crippen LogP contribution in [0.4, 0.5) is 0 Å². The van der Waals surface area contributed by atoms with Crippen LogP contribution in [-0.4, -0.2) is 6.54 Å². The summed E-state index contributed by atoms with van der Waals surface area (Å²) >= 11 is 6.16. The number of halogens is 1. The van der Waals surface area contributed by atoms with Gasteiger partial charge in [0.05, 0.1) is 12.3 Å². The van der Waals surface area contributed by atoms with E-state index in [1.54, 1.807) is 6.26 Å². The van der Waals surface area contributed by atoms with Gasteiger partial charge in [-0.15, -0.1) is 0 Å². The largest absolute Gasteiger partial charge is 0.467 e. The zero-order valence-corrected chi connectivity index (χ0v) is 10.8. The van der Waals surface area contributed by atoms with Crippen molar-refractivity contribution in [2.75, 3.05) is 6.54 Å². The summed E-state index contributed by atoms with van der Waals surface area (Å²) in [6.07, 6.45) is 1.69. The Labute approximate surface area is 107 Å². The molecule has 90 valence electrons. The fraction of sp³-hybridized carbons (Fsp3) is 0.286. The predicted molar refractivity (Wildman–Crippen MR) is 70.4 cm³/mol. The Morgan fingerprint density at radius 3 is 2.76 bits per heavy atom. The van der Waals surface area contributed by atoms with Crippen LogP contribution in [0.3, 0.4) is 0 Å². The molecule has 1 heterocycles. The molecule has 0 aliphatic rings. The maximum absolute atomic E-state index is 6.16. The Morgan fingerprint density at radius 2 is 2.18 bits per heavy atom. The molecule has 1 N–H and O–H groups in total. The smallest absolute Gasteiger partial charge is 0.125 e. The number of nitrogens with one attached hydrogen (secondary N) is 1. The molecule has 0 spiro atoms. The van der Waals surface area contributed by atoms with Crippen molar-refractivity contribution >= 4 is 11.6 Å². The van der Waals surface area contributed by atoms with E-state index in [0.717, 1.165) is 28.5 Å². The number of hydrogen-bond acceptors (Lipinski definition) is 2. The second-order valence-electron chi connectivity index (χ2n) is 4.01. The molecule has 3 heteroatoms. The van der Waals surface area contributed by atoms with Gasteiger partial charge in [-0.3, -0.25) is 0 Å². The topological polar surface area (TPSA) is 25.2 Å². The fourth-order valence-corrected chi connectivity index (χ4v) is 2.02. The van der Waals surface area contributed by atoms with Crippen LogP contribution in [0, 0.1) is 6.92 Å². The van der Waals surface area contributed by atoms with Gasteiger partial charge in [0.25, 0.3) is 0 Å². The average Bonchev–Trinajstić information content (AvgIpc) is 2.83. The van der Waals surface area contributed by atoms with Crippen molar-refractivity contribution in [3.63, 3.8) is 0 Å². The Balaban J connectivity index is 2.35. The highest BCUT2D eigenvalue weighted by molar-refractivity contribution is 6.31. The number of aryl methyl sites for hydroxylation is 1. The van der Waals surface area contributed by atoms with Crippen molar-refractivity contribution < 1.29 is 4.42 Å². The summed E-state index contributed by atoms with van der Waals surface area (Å²) in [4.78, 5) is 0. The van der Waals surface area contributed by atoms with Gasteiger partial charge >= 0.3 is 0 Å². The first-order valence-electron chi connectivity index (χ1n) is 5.75. The summed E-state index contributed by atoms with van der Waals surface area (Å²) in [6, 6.07) is 10.0. The molecule has 17 heavy (non-hydrogen) atoms. The third-order valence-corrected chi connectivity index (χ3v) is 3.17. The molecular weight excluding hydrogens is 234 g/mol. The van der Waals surface area contributed by atoms with E-state index in [9.17, 15) is 0 Å². The Morgan fingerprint density at radius 1 is 1.35 bits per heavy atom. The van der Waals surface area contributed by atoms with E-state index in [-0.39, 0.29) is 6.04 Å². The zero-order chi connectivity index (χ0) is 12.3. The lowest BCUT2D eigenvalue weighted by atomic mass is 10.0. The number of furan rings is 1. The molecule has 1 aromatic carbocycles. The third kappa shape index (κ3) is 2.71. The first kappa shape index (κ1) is 12.2. The highest BCUT2D eigenvalue weighted by Gasteiger charge is 2.16. The quantitative estimate of drug-likeness (QED) is 0.888. The molecule has 1 aromatic heterocycles. The lowest BCUT2D eigenvalue weighted by Gasteiger charge is -2.16. The molecule has 0 saturated carbocycles. The summed E-state index contributed by atoms with van der Waals surface area (Å²) in [7, 11) is 0. The van der Waals surface area contributed by atoms with Crippen molar-refractivity contribution in [3.05, 3.63) is 58.5 Å². The molecule has 2 aromatic rings. The van der Waals surface area contributed by atoms with Gasteiger partial charge in [-0.25, -0.2) is 0 Å².